The molecule has 11 nitrogen and oxygen atoms in total. The van der Waals surface area contributed by atoms with Crippen LogP contribution in [0.3, 0.4) is 0 Å². The van der Waals surface area contributed by atoms with E-state index in [2.05, 4.69) is 21.4 Å². The molecule has 12 heteroatoms. The lowest BCUT2D eigenvalue weighted by Gasteiger charge is -2.25. The molecule has 198 valence electrons. The topological polar surface area (TPSA) is 143 Å². The Bertz CT molecular complexity index is 1500. The molecule has 2 saturated carbocycles. The number of aromatic nitrogens is 4. The van der Waals surface area contributed by atoms with Crippen LogP contribution in [0.25, 0.3) is 11.1 Å². The number of cyclic esters (lactones) is 1. The smallest absolute Gasteiger partial charge is 0.414 e. The van der Waals surface area contributed by atoms with Gasteiger partial charge in [0.05, 0.1) is 42.3 Å². The number of rotatable bonds is 6. The summed E-state index contributed by atoms with van der Waals surface area (Å²) in [5.41, 5.74) is 6.56. The first-order valence-electron chi connectivity index (χ1n) is 12.9. The van der Waals surface area contributed by atoms with Gasteiger partial charge >= 0.3 is 6.09 Å². The first-order valence-corrected chi connectivity index (χ1v) is 12.9. The van der Waals surface area contributed by atoms with E-state index in [1.807, 2.05) is 0 Å². The second-order valence-electron chi connectivity index (χ2n) is 10.9. The molecule has 4 heterocycles. The Labute approximate surface area is 223 Å². The van der Waals surface area contributed by atoms with Gasteiger partial charge in [-0.25, -0.2) is 13.9 Å². The molecule has 4 atom stereocenters. The van der Waals surface area contributed by atoms with Gasteiger partial charge < -0.3 is 15.4 Å². The molecule has 0 bridgehead atoms. The van der Waals surface area contributed by atoms with Gasteiger partial charge in [0.15, 0.2) is 0 Å². The summed E-state index contributed by atoms with van der Waals surface area (Å²) in [6, 6.07) is 10.6. The van der Waals surface area contributed by atoms with Crippen molar-refractivity contribution in [3.05, 3.63) is 60.4 Å². The molecule has 2 aromatic heterocycles. The molecule has 2 amide bonds. The van der Waals surface area contributed by atoms with Crippen LogP contribution in [0.4, 0.5) is 14.9 Å². The van der Waals surface area contributed by atoms with Gasteiger partial charge in [-0.2, -0.15) is 5.26 Å². The number of carbonyl (C=O) groups excluding carboxylic acids is 2. The summed E-state index contributed by atoms with van der Waals surface area (Å²) in [5.74, 6) is -0.469. The van der Waals surface area contributed by atoms with Crippen LogP contribution in [-0.2, 0) is 21.5 Å². The molecular weight excluding hydrogens is 503 g/mol. The zero-order valence-corrected chi connectivity index (χ0v) is 20.9. The SMILES string of the molecule is N#CC1(c2ccc(-c3ccc(N4C[C@H](Cn5ccnn5)OC4=O)cc3F)cn2)[C@@H]2CN(C(=O)C3(N)CC3)C[C@@H]21. The van der Waals surface area contributed by atoms with E-state index < -0.39 is 29.0 Å². The lowest BCUT2D eigenvalue weighted by molar-refractivity contribution is -0.133. The van der Waals surface area contributed by atoms with Crippen molar-refractivity contribution in [3.63, 3.8) is 0 Å². The maximum absolute atomic E-state index is 15.2. The average Bonchev–Trinajstić information content (AvgIpc) is 3.49. The van der Waals surface area contributed by atoms with Gasteiger partial charge in [-0.1, -0.05) is 11.3 Å². The Kier molecular flexibility index (Phi) is 5.06. The van der Waals surface area contributed by atoms with Crippen molar-refractivity contribution in [1.82, 2.24) is 24.9 Å². The van der Waals surface area contributed by atoms with Crippen LogP contribution in [0, 0.1) is 29.0 Å². The fourth-order valence-corrected chi connectivity index (χ4v) is 6.13. The molecule has 4 fully saturated rings. The van der Waals surface area contributed by atoms with E-state index in [0.29, 0.717) is 55.0 Å². The summed E-state index contributed by atoms with van der Waals surface area (Å²) in [7, 11) is 0. The summed E-state index contributed by atoms with van der Waals surface area (Å²) >= 11 is 0. The Hall–Kier alpha value is -4.37. The third-order valence-electron chi connectivity index (χ3n) is 8.57. The van der Waals surface area contributed by atoms with Gasteiger partial charge in [0.2, 0.25) is 5.91 Å². The minimum absolute atomic E-state index is 0.0170. The monoisotopic (exact) mass is 528 g/mol. The zero-order valence-electron chi connectivity index (χ0n) is 20.9. The molecule has 39 heavy (non-hydrogen) atoms. The molecule has 4 aliphatic rings. The summed E-state index contributed by atoms with van der Waals surface area (Å²) in [6.07, 6.45) is 5.25. The highest BCUT2D eigenvalue weighted by Crippen LogP contribution is 2.63. The number of ether oxygens (including phenoxy) is 1. The van der Waals surface area contributed by atoms with Crippen LogP contribution in [-0.4, -0.2) is 68.2 Å². The van der Waals surface area contributed by atoms with Crippen molar-refractivity contribution < 1.29 is 18.7 Å². The molecule has 2 N–H and O–H groups in total. The third kappa shape index (κ3) is 3.68. The van der Waals surface area contributed by atoms with Crippen molar-refractivity contribution in [2.24, 2.45) is 17.6 Å². The van der Waals surface area contributed by atoms with Crippen molar-refractivity contribution in [1.29, 1.82) is 5.26 Å². The molecule has 2 aliphatic heterocycles. The number of benzene rings is 1. The number of pyridine rings is 1. The van der Waals surface area contributed by atoms with Crippen LogP contribution in [0.2, 0.25) is 0 Å². The van der Waals surface area contributed by atoms with Gasteiger partial charge in [-0.15, -0.1) is 5.10 Å². The molecule has 2 saturated heterocycles. The van der Waals surface area contributed by atoms with Crippen molar-refractivity contribution in [2.75, 3.05) is 24.5 Å². The number of hydrogen-bond donors (Lipinski definition) is 1. The second-order valence-corrected chi connectivity index (χ2v) is 10.9. The van der Waals surface area contributed by atoms with Crippen LogP contribution in [0.1, 0.15) is 18.5 Å². The van der Waals surface area contributed by atoms with Crippen LogP contribution in [0.15, 0.2) is 48.9 Å². The normalized spacial score (nSPS) is 28.1. The maximum atomic E-state index is 15.2. The Balaban J connectivity index is 1.05. The summed E-state index contributed by atoms with van der Waals surface area (Å²) in [5, 5.41) is 17.7. The Morgan fingerprint density at radius 1 is 1.21 bits per heavy atom. The zero-order chi connectivity index (χ0) is 26.9. The standard InChI is InChI=1S/C27H25FN8O3/c28-22-9-17(36-12-18(39-25(36)38)11-35-8-7-32-33-35)2-3-19(22)16-1-4-23(31-10-16)27(15-29)20-13-34(14-21(20)27)24(37)26(30)5-6-26/h1-4,7-10,18,20-21H,5-6,11-14,30H2/t18-,20-,21+,27?/m0/s1. The lowest BCUT2D eigenvalue weighted by atomic mass is 9.95. The van der Waals surface area contributed by atoms with Crippen molar-refractivity contribution in [3.8, 4) is 17.2 Å². The van der Waals surface area contributed by atoms with Crippen LogP contribution >= 0.6 is 0 Å². The average molecular weight is 529 g/mol. The van der Waals surface area contributed by atoms with E-state index in [0.717, 1.165) is 0 Å². The molecular formula is C27H25FN8O3. The fourth-order valence-electron chi connectivity index (χ4n) is 6.13. The van der Waals surface area contributed by atoms with Gasteiger partial charge in [0.1, 0.15) is 17.3 Å². The van der Waals surface area contributed by atoms with E-state index in [1.54, 1.807) is 52.4 Å². The van der Waals surface area contributed by atoms with Gasteiger partial charge in [0, 0.05) is 48.4 Å². The molecule has 3 aromatic rings. The van der Waals surface area contributed by atoms with E-state index >= 15 is 4.39 Å². The third-order valence-corrected chi connectivity index (χ3v) is 8.57. The number of piperidine rings is 1. The lowest BCUT2D eigenvalue weighted by Crippen LogP contribution is -2.46. The second kappa shape index (κ2) is 8.31. The summed E-state index contributed by atoms with van der Waals surface area (Å²) < 4.78 is 22.2. The molecule has 2 aliphatic carbocycles. The number of nitrogens with zero attached hydrogens (tertiary/aromatic N) is 7. The molecule has 0 spiro atoms. The number of carbonyl (C=O) groups is 2. The number of nitrogens with two attached hydrogens (primary N) is 1. The number of anilines is 1. The van der Waals surface area contributed by atoms with Crippen LogP contribution in [0.5, 0.6) is 0 Å². The Morgan fingerprint density at radius 3 is 2.62 bits per heavy atom. The highest BCUT2D eigenvalue weighted by Gasteiger charge is 2.72. The van der Waals surface area contributed by atoms with Crippen LogP contribution < -0.4 is 10.6 Å². The number of likely N-dealkylation sites (tertiary alicyclic amines) is 1. The number of fused-ring (bicyclic) bond motifs is 1. The first kappa shape index (κ1) is 23.7. The van der Waals surface area contributed by atoms with E-state index in [4.69, 9.17) is 10.5 Å². The van der Waals surface area contributed by atoms with Crippen molar-refractivity contribution in [2.45, 2.75) is 36.4 Å². The van der Waals surface area contributed by atoms with Gasteiger partial charge in [-0.3, -0.25) is 14.7 Å². The minimum Gasteiger partial charge on any atom is -0.442 e. The molecule has 1 aromatic carbocycles. The van der Waals surface area contributed by atoms with E-state index in [-0.39, 0.29) is 24.3 Å². The predicted molar refractivity (Wildman–Crippen MR) is 134 cm³/mol. The summed E-state index contributed by atoms with van der Waals surface area (Å²) in [6.45, 7) is 1.64. The highest BCUT2D eigenvalue weighted by atomic mass is 19.1. The number of halogens is 1. The number of amides is 2. The minimum atomic E-state index is -0.734. The maximum Gasteiger partial charge on any atom is 0.414 e. The van der Waals surface area contributed by atoms with Gasteiger partial charge in [-0.05, 0) is 37.1 Å². The highest BCUT2D eigenvalue weighted by molar-refractivity contribution is 5.90. The molecule has 7 rings (SSSR count). The quantitative estimate of drug-likeness (QED) is 0.511. The predicted octanol–water partition coefficient (Wildman–Crippen LogP) is 1.85. The molecule has 1 unspecified atom stereocenters. The number of hydrogen-bond acceptors (Lipinski definition) is 8. The fraction of sp³-hybridized carbons (Fsp3) is 0.407. The van der Waals surface area contributed by atoms with Gasteiger partial charge in [0.25, 0.3) is 0 Å². The Morgan fingerprint density at radius 2 is 2.00 bits per heavy atom. The van der Waals surface area contributed by atoms with E-state index in [9.17, 15) is 14.9 Å². The van der Waals surface area contributed by atoms with E-state index in [1.165, 1.54) is 11.0 Å². The number of nitriles is 1. The van der Waals surface area contributed by atoms with Crippen molar-refractivity contribution >= 4 is 17.7 Å². The molecule has 0 radical (unpaired) electrons. The summed E-state index contributed by atoms with van der Waals surface area (Å²) in [4.78, 5) is 32.7. The first-order chi connectivity index (χ1) is 18.8. The largest absolute Gasteiger partial charge is 0.442 e.